The fourth-order valence-electron chi connectivity index (χ4n) is 0.590. The smallest absolute Gasteiger partial charge is 0.244 e. The molecule has 2 nitrogen and oxygen atoms in total. The average molecular weight is 174 g/mol. The number of halogens is 1. The highest BCUT2D eigenvalue weighted by atomic mass is 35.5. The van der Waals surface area contributed by atoms with Crippen LogP contribution in [0.3, 0.4) is 0 Å². The third-order valence-corrected chi connectivity index (χ3v) is 1.34. The molecular formula is C8H12ClNO. The van der Waals surface area contributed by atoms with E-state index in [1.165, 1.54) is 0 Å². The summed E-state index contributed by atoms with van der Waals surface area (Å²) in [7, 11) is 0. The molecule has 0 saturated heterocycles. The first-order valence-electron chi connectivity index (χ1n) is 3.40. The summed E-state index contributed by atoms with van der Waals surface area (Å²) in [6.45, 7) is 3.61. The van der Waals surface area contributed by atoms with Gasteiger partial charge in [0.1, 0.15) is 0 Å². The normalized spacial score (nSPS) is 13.4. The molecule has 0 bridgehead atoms. The molecule has 0 aliphatic heterocycles. The number of hydrogen-bond acceptors (Lipinski definition) is 1. The van der Waals surface area contributed by atoms with E-state index in [0.717, 1.165) is 0 Å². The van der Waals surface area contributed by atoms with Gasteiger partial charge in [0.15, 0.2) is 0 Å². The maximum Gasteiger partial charge on any atom is 0.244 e. The fourth-order valence-corrected chi connectivity index (χ4v) is 0.653. The Morgan fingerprint density at radius 2 is 2.09 bits per heavy atom. The molecule has 0 aromatic carbocycles. The van der Waals surface area contributed by atoms with Crippen molar-refractivity contribution in [2.75, 3.05) is 0 Å². The van der Waals surface area contributed by atoms with E-state index in [1.807, 2.05) is 6.92 Å². The van der Waals surface area contributed by atoms with Gasteiger partial charge in [0.2, 0.25) is 5.91 Å². The van der Waals surface area contributed by atoms with E-state index in [0.29, 0.717) is 17.0 Å². The van der Waals surface area contributed by atoms with Crippen LogP contribution >= 0.6 is 11.6 Å². The van der Waals surface area contributed by atoms with Gasteiger partial charge in [0, 0.05) is 10.6 Å². The summed E-state index contributed by atoms with van der Waals surface area (Å²) < 4.78 is 0. The molecule has 0 heterocycles. The van der Waals surface area contributed by atoms with E-state index in [2.05, 4.69) is 0 Å². The van der Waals surface area contributed by atoms with Crippen molar-refractivity contribution in [2.45, 2.75) is 20.3 Å². The minimum atomic E-state index is -0.387. The van der Waals surface area contributed by atoms with Gasteiger partial charge in [-0.05, 0) is 19.4 Å². The summed E-state index contributed by atoms with van der Waals surface area (Å²) in [6, 6.07) is 0. The van der Waals surface area contributed by atoms with Gasteiger partial charge in [-0.25, -0.2) is 0 Å². The molecule has 0 unspecified atom stereocenters. The van der Waals surface area contributed by atoms with Gasteiger partial charge in [-0.3, -0.25) is 4.79 Å². The van der Waals surface area contributed by atoms with Crippen LogP contribution in [0.15, 0.2) is 22.8 Å². The van der Waals surface area contributed by atoms with Gasteiger partial charge in [-0.15, -0.1) is 0 Å². The zero-order chi connectivity index (χ0) is 8.85. The van der Waals surface area contributed by atoms with E-state index in [1.54, 1.807) is 19.1 Å². The van der Waals surface area contributed by atoms with Gasteiger partial charge in [0.05, 0.1) is 0 Å². The molecule has 0 saturated carbocycles. The van der Waals surface area contributed by atoms with Crippen molar-refractivity contribution in [1.82, 2.24) is 0 Å². The first-order chi connectivity index (χ1) is 5.07. The molecule has 62 valence electrons. The summed E-state index contributed by atoms with van der Waals surface area (Å²) in [4.78, 5) is 10.6. The molecule has 2 N–H and O–H groups in total. The van der Waals surface area contributed by atoms with Crippen LogP contribution in [0.25, 0.3) is 0 Å². The molecule has 0 spiro atoms. The van der Waals surface area contributed by atoms with Crippen LogP contribution in [-0.4, -0.2) is 5.91 Å². The molecule has 0 atom stereocenters. The first kappa shape index (κ1) is 10.2. The number of rotatable bonds is 3. The molecular weight excluding hydrogens is 162 g/mol. The quantitative estimate of drug-likeness (QED) is 0.515. The highest BCUT2D eigenvalue weighted by Gasteiger charge is 1.98. The van der Waals surface area contributed by atoms with Crippen LogP contribution in [0.5, 0.6) is 0 Å². The Hall–Kier alpha value is -0.760. The highest BCUT2D eigenvalue weighted by molar-refractivity contribution is 6.29. The third kappa shape index (κ3) is 4.62. The summed E-state index contributed by atoms with van der Waals surface area (Å²) in [5.41, 5.74) is 5.64. The molecule has 0 aliphatic carbocycles. The van der Waals surface area contributed by atoms with Crippen LogP contribution in [0.4, 0.5) is 0 Å². The first-order valence-corrected chi connectivity index (χ1v) is 3.78. The predicted octanol–water partition coefficient (Wildman–Crippen LogP) is 1.95. The lowest BCUT2D eigenvalue weighted by Crippen LogP contribution is -2.12. The van der Waals surface area contributed by atoms with Crippen LogP contribution < -0.4 is 5.73 Å². The van der Waals surface area contributed by atoms with Crippen LogP contribution in [-0.2, 0) is 4.79 Å². The van der Waals surface area contributed by atoms with Crippen molar-refractivity contribution in [3.05, 3.63) is 22.8 Å². The summed E-state index contributed by atoms with van der Waals surface area (Å²) in [6.07, 6.45) is 3.94. The maximum absolute atomic E-state index is 10.6. The summed E-state index contributed by atoms with van der Waals surface area (Å²) in [5.74, 6) is -0.387. The number of allylic oxidation sites excluding steroid dienone is 3. The molecule has 1 amide bonds. The molecule has 0 radical (unpaired) electrons. The Morgan fingerprint density at radius 3 is 2.36 bits per heavy atom. The summed E-state index contributed by atoms with van der Waals surface area (Å²) >= 11 is 5.55. The minimum Gasteiger partial charge on any atom is -0.366 e. The van der Waals surface area contributed by atoms with Gasteiger partial charge < -0.3 is 5.73 Å². The van der Waals surface area contributed by atoms with Gasteiger partial charge in [-0.1, -0.05) is 24.6 Å². The Bertz CT molecular complexity index is 202. The standard InChI is InChI=1S/C8H12ClNO/c1-3-7(8(10)11)5-4-6(2)9/h4-5H,3H2,1-2H3,(H2,10,11)/b6-4+,7-5+. The van der Waals surface area contributed by atoms with Crippen molar-refractivity contribution in [3.63, 3.8) is 0 Å². The SMILES string of the molecule is CC/C(=C\C=C(/C)Cl)C(N)=O. The van der Waals surface area contributed by atoms with Crippen LogP contribution in [0.1, 0.15) is 20.3 Å². The molecule has 0 aromatic rings. The Labute approximate surface area is 71.7 Å². The topological polar surface area (TPSA) is 43.1 Å². The Balaban J connectivity index is 4.37. The van der Waals surface area contributed by atoms with E-state index in [4.69, 9.17) is 17.3 Å². The lowest BCUT2D eigenvalue weighted by atomic mass is 10.2. The van der Waals surface area contributed by atoms with Crippen molar-refractivity contribution >= 4 is 17.5 Å². The Morgan fingerprint density at radius 1 is 1.55 bits per heavy atom. The minimum absolute atomic E-state index is 0.387. The zero-order valence-electron chi connectivity index (χ0n) is 6.73. The lowest BCUT2D eigenvalue weighted by molar-refractivity contribution is -0.114. The number of carbonyl (C=O) groups is 1. The van der Waals surface area contributed by atoms with E-state index < -0.39 is 0 Å². The van der Waals surface area contributed by atoms with Crippen LogP contribution in [0, 0.1) is 0 Å². The van der Waals surface area contributed by atoms with Crippen LogP contribution in [0.2, 0.25) is 0 Å². The number of amides is 1. The molecule has 11 heavy (non-hydrogen) atoms. The summed E-state index contributed by atoms with van der Waals surface area (Å²) in [5, 5.41) is 0.636. The Kier molecular flexibility index (Phi) is 4.62. The second-order valence-electron chi connectivity index (χ2n) is 2.16. The van der Waals surface area contributed by atoms with Gasteiger partial charge >= 0.3 is 0 Å². The number of nitrogens with two attached hydrogens (primary N) is 1. The monoisotopic (exact) mass is 173 g/mol. The molecule has 0 rings (SSSR count). The molecule has 0 aliphatic rings. The number of hydrogen-bond donors (Lipinski definition) is 1. The fraction of sp³-hybridized carbons (Fsp3) is 0.375. The second kappa shape index (κ2) is 4.97. The van der Waals surface area contributed by atoms with E-state index >= 15 is 0 Å². The molecule has 0 fully saturated rings. The average Bonchev–Trinajstić information content (AvgIpc) is 1.87. The largest absolute Gasteiger partial charge is 0.366 e. The number of carbonyl (C=O) groups excluding carboxylic acids is 1. The second-order valence-corrected chi connectivity index (χ2v) is 2.76. The third-order valence-electron chi connectivity index (χ3n) is 1.21. The zero-order valence-corrected chi connectivity index (χ0v) is 7.48. The van der Waals surface area contributed by atoms with Crippen molar-refractivity contribution < 1.29 is 4.79 Å². The van der Waals surface area contributed by atoms with Gasteiger partial charge in [-0.2, -0.15) is 0 Å². The van der Waals surface area contributed by atoms with Crippen molar-refractivity contribution in [3.8, 4) is 0 Å². The van der Waals surface area contributed by atoms with Gasteiger partial charge in [0.25, 0.3) is 0 Å². The van der Waals surface area contributed by atoms with E-state index in [9.17, 15) is 4.79 Å². The van der Waals surface area contributed by atoms with E-state index in [-0.39, 0.29) is 5.91 Å². The van der Waals surface area contributed by atoms with Crippen molar-refractivity contribution in [2.24, 2.45) is 5.73 Å². The predicted molar refractivity (Wildman–Crippen MR) is 47.2 cm³/mol. The van der Waals surface area contributed by atoms with Crippen molar-refractivity contribution in [1.29, 1.82) is 0 Å². The molecule has 3 heteroatoms. The number of primary amides is 1. The lowest BCUT2D eigenvalue weighted by Gasteiger charge is -1.94. The highest BCUT2D eigenvalue weighted by Crippen LogP contribution is 2.03. The molecule has 0 aromatic heterocycles. The maximum atomic E-state index is 10.6.